The molecule has 1 aromatic heterocycles. The monoisotopic (exact) mass is 371 g/mol. The fourth-order valence-corrected chi connectivity index (χ4v) is 3.13. The van der Waals surface area contributed by atoms with Gasteiger partial charge in [-0.15, -0.1) is 0 Å². The number of aryl methyl sites for hydroxylation is 2. The molecule has 1 aliphatic rings. The highest BCUT2D eigenvalue weighted by molar-refractivity contribution is 6.02. The van der Waals surface area contributed by atoms with E-state index in [0.29, 0.717) is 12.2 Å². The molecule has 6 heteroatoms. The van der Waals surface area contributed by atoms with Crippen LogP contribution in [-0.2, 0) is 6.42 Å². The minimum Gasteiger partial charge on any atom is -0.457 e. The third-order valence-corrected chi connectivity index (χ3v) is 4.52. The number of benzene rings is 2. The number of aromatic nitrogens is 2. The number of nitrogens with two attached hydrogens (primary N) is 1. The van der Waals surface area contributed by atoms with Gasteiger partial charge in [-0.1, -0.05) is 18.2 Å². The normalized spacial score (nSPS) is 14.0. The van der Waals surface area contributed by atoms with E-state index in [4.69, 9.17) is 10.6 Å². The fraction of sp³-hybridized carbons (Fsp3) is 0.136. The summed E-state index contributed by atoms with van der Waals surface area (Å²) in [5.74, 6) is 8.56. The van der Waals surface area contributed by atoms with Gasteiger partial charge in [0.25, 0.3) is 0 Å². The largest absolute Gasteiger partial charge is 0.457 e. The number of rotatable bonds is 4. The predicted octanol–water partition coefficient (Wildman–Crippen LogP) is 4.51. The molecular weight excluding hydrogens is 350 g/mol. The van der Waals surface area contributed by atoms with E-state index < -0.39 is 0 Å². The van der Waals surface area contributed by atoms with Crippen LogP contribution in [0.1, 0.15) is 22.6 Å². The number of nitrogens with one attached hydrogen (secondary N) is 1. The Labute approximate surface area is 163 Å². The summed E-state index contributed by atoms with van der Waals surface area (Å²) in [6.07, 6.45) is 4.41. The van der Waals surface area contributed by atoms with E-state index in [0.717, 1.165) is 45.5 Å². The molecule has 3 aromatic rings. The van der Waals surface area contributed by atoms with Gasteiger partial charge in [0, 0.05) is 17.7 Å². The molecule has 2 aromatic carbocycles. The van der Waals surface area contributed by atoms with Crippen molar-refractivity contribution in [2.24, 2.45) is 10.9 Å². The van der Waals surface area contributed by atoms with E-state index in [1.807, 2.05) is 74.5 Å². The molecule has 0 atom stereocenters. The number of ether oxygens (including phenoxy) is 1. The molecule has 28 heavy (non-hydrogen) atoms. The van der Waals surface area contributed by atoms with Crippen LogP contribution in [0.5, 0.6) is 11.5 Å². The Hall–Kier alpha value is -3.67. The van der Waals surface area contributed by atoms with Gasteiger partial charge in [0.2, 0.25) is 0 Å². The van der Waals surface area contributed by atoms with Crippen LogP contribution in [0.25, 0.3) is 6.08 Å². The molecule has 0 aliphatic heterocycles. The minimum absolute atomic E-state index is 0.596. The topological polar surface area (TPSA) is 85.4 Å². The Morgan fingerprint density at radius 3 is 2.61 bits per heavy atom. The van der Waals surface area contributed by atoms with Crippen molar-refractivity contribution < 1.29 is 4.74 Å². The van der Waals surface area contributed by atoms with Crippen LogP contribution in [0, 0.1) is 13.8 Å². The van der Waals surface area contributed by atoms with E-state index in [1.54, 1.807) is 0 Å². The molecule has 1 heterocycles. The van der Waals surface area contributed by atoms with Gasteiger partial charge in [-0.2, -0.15) is 5.10 Å². The van der Waals surface area contributed by atoms with Crippen molar-refractivity contribution in [1.82, 2.24) is 9.97 Å². The average Bonchev–Trinajstić information content (AvgIpc) is 2.70. The third kappa shape index (κ3) is 3.71. The molecule has 140 valence electrons. The summed E-state index contributed by atoms with van der Waals surface area (Å²) in [7, 11) is 0. The van der Waals surface area contributed by atoms with Crippen LogP contribution in [0.2, 0.25) is 0 Å². The van der Waals surface area contributed by atoms with E-state index in [-0.39, 0.29) is 0 Å². The van der Waals surface area contributed by atoms with Crippen LogP contribution in [-0.4, -0.2) is 15.7 Å². The molecule has 6 nitrogen and oxygen atoms in total. The summed E-state index contributed by atoms with van der Waals surface area (Å²) in [4.78, 5) is 9.10. The summed E-state index contributed by atoms with van der Waals surface area (Å²) in [5.41, 5.74) is 4.63. The van der Waals surface area contributed by atoms with Crippen molar-refractivity contribution in [2.45, 2.75) is 20.3 Å². The third-order valence-electron chi connectivity index (χ3n) is 4.52. The van der Waals surface area contributed by atoms with Crippen LogP contribution in [0.3, 0.4) is 0 Å². The lowest BCUT2D eigenvalue weighted by atomic mass is 10.0. The molecule has 0 radical (unpaired) electrons. The zero-order valence-corrected chi connectivity index (χ0v) is 15.8. The van der Waals surface area contributed by atoms with Gasteiger partial charge >= 0.3 is 0 Å². The number of fused-ring (bicyclic) bond motifs is 1. The zero-order valence-electron chi connectivity index (χ0n) is 15.8. The molecule has 0 unspecified atom stereocenters. The Balaban J connectivity index is 1.61. The number of allylic oxidation sites excluding steroid dienone is 1. The first kappa shape index (κ1) is 17.7. The standard InChI is InChI=1S/C22H21N5O/c1-14-12-16(9-11-21(14)28-18-6-4-3-5-7-18)26-22-19-13-17(27-23)8-10-20(19)24-15(2)25-22/h3-12H,13,23H2,1-2H3,(H,24,25,26). The van der Waals surface area contributed by atoms with Crippen molar-refractivity contribution in [2.75, 3.05) is 5.32 Å². The smallest absolute Gasteiger partial charge is 0.138 e. The summed E-state index contributed by atoms with van der Waals surface area (Å²) in [6.45, 7) is 3.90. The summed E-state index contributed by atoms with van der Waals surface area (Å²) < 4.78 is 5.96. The summed E-state index contributed by atoms with van der Waals surface area (Å²) in [6, 6.07) is 15.7. The van der Waals surface area contributed by atoms with E-state index in [9.17, 15) is 0 Å². The van der Waals surface area contributed by atoms with Gasteiger partial charge < -0.3 is 15.9 Å². The molecule has 3 N–H and O–H groups in total. The molecule has 0 spiro atoms. The molecule has 0 saturated heterocycles. The van der Waals surface area contributed by atoms with Crippen LogP contribution in [0.15, 0.2) is 59.7 Å². The molecule has 0 amide bonds. The summed E-state index contributed by atoms with van der Waals surface area (Å²) >= 11 is 0. The highest BCUT2D eigenvalue weighted by Crippen LogP contribution is 2.30. The zero-order chi connectivity index (χ0) is 19.5. The predicted molar refractivity (Wildman–Crippen MR) is 112 cm³/mol. The number of hydrazone groups is 1. The van der Waals surface area contributed by atoms with Gasteiger partial charge in [-0.3, -0.25) is 0 Å². The first-order chi connectivity index (χ1) is 13.6. The van der Waals surface area contributed by atoms with Gasteiger partial charge in [0.05, 0.1) is 11.4 Å². The lowest BCUT2D eigenvalue weighted by molar-refractivity contribution is 0.479. The average molecular weight is 371 g/mol. The van der Waals surface area contributed by atoms with Crippen LogP contribution < -0.4 is 15.9 Å². The maximum atomic E-state index is 5.96. The second kappa shape index (κ2) is 7.52. The highest BCUT2D eigenvalue weighted by Gasteiger charge is 2.17. The number of anilines is 2. The molecule has 1 aliphatic carbocycles. The van der Waals surface area contributed by atoms with Crippen LogP contribution in [0.4, 0.5) is 11.5 Å². The second-order valence-corrected chi connectivity index (χ2v) is 6.63. The SMILES string of the molecule is Cc1nc2c(c(Nc3ccc(Oc4ccccc4)c(C)c3)n1)CC(=NN)C=C2. The highest BCUT2D eigenvalue weighted by atomic mass is 16.5. The quantitative estimate of drug-likeness (QED) is 0.520. The molecule has 0 bridgehead atoms. The maximum Gasteiger partial charge on any atom is 0.138 e. The molecular formula is C22H21N5O. The number of hydrogen-bond donors (Lipinski definition) is 2. The first-order valence-corrected chi connectivity index (χ1v) is 9.05. The van der Waals surface area contributed by atoms with Gasteiger partial charge in [-0.05, 0) is 61.9 Å². The van der Waals surface area contributed by atoms with E-state index in [1.165, 1.54) is 0 Å². The first-order valence-electron chi connectivity index (χ1n) is 9.05. The minimum atomic E-state index is 0.596. The lowest BCUT2D eigenvalue weighted by Gasteiger charge is -2.17. The number of para-hydroxylation sites is 1. The number of nitrogens with zero attached hydrogens (tertiary/aromatic N) is 3. The van der Waals surface area contributed by atoms with Crippen molar-refractivity contribution in [3.05, 3.63) is 77.3 Å². The van der Waals surface area contributed by atoms with Gasteiger partial charge in [-0.25, -0.2) is 9.97 Å². The van der Waals surface area contributed by atoms with Gasteiger partial charge in [0.15, 0.2) is 0 Å². The van der Waals surface area contributed by atoms with Crippen molar-refractivity contribution in [1.29, 1.82) is 0 Å². The van der Waals surface area contributed by atoms with Crippen LogP contribution >= 0.6 is 0 Å². The second-order valence-electron chi connectivity index (χ2n) is 6.63. The molecule has 0 saturated carbocycles. The van der Waals surface area contributed by atoms with Crippen molar-refractivity contribution >= 4 is 23.3 Å². The molecule has 0 fully saturated rings. The lowest BCUT2D eigenvalue weighted by Crippen LogP contribution is -2.14. The number of hydrogen-bond acceptors (Lipinski definition) is 6. The van der Waals surface area contributed by atoms with E-state index >= 15 is 0 Å². The van der Waals surface area contributed by atoms with E-state index in [2.05, 4.69) is 20.4 Å². The summed E-state index contributed by atoms with van der Waals surface area (Å²) in [5, 5.41) is 7.23. The fourth-order valence-electron chi connectivity index (χ4n) is 3.13. The Morgan fingerprint density at radius 2 is 1.86 bits per heavy atom. The van der Waals surface area contributed by atoms with Gasteiger partial charge in [0.1, 0.15) is 23.1 Å². The molecule has 4 rings (SSSR count). The van der Waals surface area contributed by atoms with Crippen molar-refractivity contribution in [3.8, 4) is 11.5 Å². The Kier molecular flexibility index (Phi) is 4.76. The maximum absolute atomic E-state index is 5.96. The van der Waals surface area contributed by atoms with Crippen molar-refractivity contribution in [3.63, 3.8) is 0 Å². The Bertz CT molecular complexity index is 1070. The Morgan fingerprint density at radius 1 is 1.04 bits per heavy atom.